The molecule has 0 aromatic heterocycles. The second-order valence-electron chi connectivity index (χ2n) is 4.65. The molecule has 0 aliphatic heterocycles. The van der Waals surface area contributed by atoms with Crippen LogP contribution in [-0.2, 0) is 4.79 Å². The summed E-state index contributed by atoms with van der Waals surface area (Å²) in [6, 6.07) is 10.3. The highest BCUT2D eigenvalue weighted by molar-refractivity contribution is 6.09. The summed E-state index contributed by atoms with van der Waals surface area (Å²) in [5.74, 6) is -4.20. The van der Waals surface area contributed by atoms with Crippen LogP contribution in [0.5, 0.6) is 0 Å². The van der Waals surface area contributed by atoms with E-state index in [-0.39, 0.29) is 16.8 Å². The van der Waals surface area contributed by atoms with E-state index in [0.717, 1.165) is 12.1 Å². The monoisotopic (exact) mass is 328 g/mol. The van der Waals surface area contributed by atoms with Crippen molar-refractivity contribution in [1.29, 1.82) is 5.26 Å². The van der Waals surface area contributed by atoms with Gasteiger partial charge in [-0.2, -0.15) is 5.26 Å². The van der Waals surface area contributed by atoms with E-state index < -0.39 is 29.1 Å². The Morgan fingerprint density at radius 1 is 1.12 bits per heavy atom. The van der Waals surface area contributed by atoms with Gasteiger partial charge < -0.3 is 10.4 Å². The van der Waals surface area contributed by atoms with Crippen molar-refractivity contribution in [2.75, 3.05) is 5.32 Å². The summed E-state index contributed by atoms with van der Waals surface area (Å²) in [5, 5.41) is 20.2. The summed E-state index contributed by atoms with van der Waals surface area (Å²) in [7, 11) is 0. The average Bonchev–Trinajstić information content (AvgIpc) is 2.56. The summed E-state index contributed by atoms with van der Waals surface area (Å²) in [6.45, 7) is 0. The van der Waals surface area contributed by atoms with Crippen molar-refractivity contribution < 1.29 is 23.5 Å². The molecule has 0 aliphatic rings. The molecule has 24 heavy (non-hydrogen) atoms. The smallest absolute Gasteiger partial charge is 0.335 e. The summed E-state index contributed by atoms with van der Waals surface area (Å²) < 4.78 is 26.7. The summed E-state index contributed by atoms with van der Waals surface area (Å²) in [5.41, 5.74) is -0.374. The summed E-state index contributed by atoms with van der Waals surface area (Å²) in [6.07, 6.45) is 0.930. The molecule has 0 heterocycles. The summed E-state index contributed by atoms with van der Waals surface area (Å²) in [4.78, 5) is 22.8. The van der Waals surface area contributed by atoms with Gasteiger partial charge in [0.2, 0.25) is 0 Å². The number of carboxylic acids is 1. The van der Waals surface area contributed by atoms with Gasteiger partial charge in [0.25, 0.3) is 5.91 Å². The molecule has 0 saturated carbocycles. The predicted octanol–water partition coefficient (Wildman–Crippen LogP) is 3.21. The summed E-state index contributed by atoms with van der Waals surface area (Å²) >= 11 is 0. The molecule has 0 bridgehead atoms. The lowest BCUT2D eigenvalue weighted by molar-refractivity contribution is -0.112. The van der Waals surface area contributed by atoms with Crippen LogP contribution >= 0.6 is 0 Å². The zero-order valence-corrected chi connectivity index (χ0v) is 12.1. The quantitative estimate of drug-likeness (QED) is 0.666. The number of nitrogens with one attached hydrogen (secondary N) is 1. The number of nitrogens with zero attached hydrogens (tertiary/aromatic N) is 1. The number of benzene rings is 2. The van der Waals surface area contributed by atoms with E-state index in [1.54, 1.807) is 6.07 Å². The molecule has 0 atom stereocenters. The van der Waals surface area contributed by atoms with E-state index in [4.69, 9.17) is 10.4 Å². The topological polar surface area (TPSA) is 90.2 Å². The van der Waals surface area contributed by atoms with Crippen LogP contribution in [0.1, 0.15) is 15.9 Å². The fraction of sp³-hybridized carbons (Fsp3) is 0. The molecular formula is C17H10F2N2O3. The SMILES string of the molecule is N#C/C(=C/c1cccc(F)c1F)C(=O)Nc1ccc(C(=O)O)cc1. The molecule has 5 nitrogen and oxygen atoms in total. The van der Waals surface area contributed by atoms with Gasteiger partial charge in [-0.3, -0.25) is 4.79 Å². The van der Waals surface area contributed by atoms with Gasteiger partial charge in [-0.25, -0.2) is 13.6 Å². The minimum Gasteiger partial charge on any atom is -0.478 e. The van der Waals surface area contributed by atoms with E-state index in [1.165, 1.54) is 36.4 Å². The molecule has 0 radical (unpaired) electrons. The number of anilines is 1. The maximum atomic E-state index is 13.6. The van der Waals surface area contributed by atoms with Crippen LogP contribution in [-0.4, -0.2) is 17.0 Å². The van der Waals surface area contributed by atoms with Gasteiger partial charge in [0, 0.05) is 11.3 Å². The molecule has 0 spiro atoms. The molecule has 2 aromatic rings. The number of carbonyl (C=O) groups is 2. The standard InChI is InChI=1S/C17H10F2N2O3/c18-14-3-1-2-11(15(14)19)8-12(9-20)16(22)21-13-6-4-10(5-7-13)17(23)24/h1-8H,(H,21,22)(H,23,24)/b12-8-. The fourth-order valence-electron chi connectivity index (χ4n) is 1.83. The molecule has 7 heteroatoms. The van der Waals surface area contributed by atoms with Crippen LogP contribution in [0.4, 0.5) is 14.5 Å². The largest absolute Gasteiger partial charge is 0.478 e. The lowest BCUT2D eigenvalue weighted by Gasteiger charge is -2.05. The first-order valence-corrected chi connectivity index (χ1v) is 6.63. The average molecular weight is 328 g/mol. The van der Waals surface area contributed by atoms with Crippen molar-refractivity contribution in [3.63, 3.8) is 0 Å². The number of hydrogen-bond donors (Lipinski definition) is 2. The normalized spacial score (nSPS) is 10.8. The predicted molar refractivity (Wildman–Crippen MR) is 82.0 cm³/mol. The molecule has 1 amide bonds. The maximum Gasteiger partial charge on any atom is 0.335 e. The van der Waals surface area contributed by atoms with Gasteiger partial charge >= 0.3 is 5.97 Å². The number of carbonyl (C=O) groups excluding carboxylic acids is 1. The number of nitriles is 1. The van der Waals surface area contributed by atoms with Crippen LogP contribution in [0, 0.1) is 23.0 Å². The molecule has 0 fully saturated rings. The van der Waals surface area contributed by atoms with Crippen LogP contribution < -0.4 is 5.32 Å². The van der Waals surface area contributed by atoms with E-state index in [0.29, 0.717) is 0 Å². The van der Waals surface area contributed by atoms with Gasteiger partial charge in [0.1, 0.15) is 11.6 Å². The van der Waals surface area contributed by atoms with Crippen molar-refractivity contribution >= 4 is 23.6 Å². The number of hydrogen-bond acceptors (Lipinski definition) is 3. The lowest BCUT2D eigenvalue weighted by Crippen LogP contribution is -2.13. The number of aromatic carboxylic acids is 1. The van der Waals surface area contributed by atoms with Crippen molar-refractivity contribution in [3.05, 3.63) is 70.8 Å². The minimum absolute atomic E-state index is 0.0332. The van der Waals surface area contributed by atoms with E-state index >= 15 is 0 Å². The number of amides is 1. The number of halogens is 2. The second-order valence-corrected chi connectivity index (χ2v) is 4.65. The number of carboxylic acid groups (broad SMARTS) is 1. The molecular weight excluding hydrogens is 318 g/mol. The maximum absolute atomic E-state index is 13.6. The Bertz CT molecular complexity index is 868. The van der Waals surface area contributed by atoms with E-state index in [1.807, 2.05) is 0 Å². The highest BCUT2D eigenvalue weighted by atomic mass is 19.2. The molecule has 0 aliphatic carbocycles. The Hall–Kier alpha value is -3.53. The van der Waals surface area contributed by atoms with Gasteiger partial charge in [-0.05, 0) is 36.4 Å². The Labute approximate surface area is 135 Å². The Morgan fingerprint density at radius 3 is 2.38 bits per heavy atom. The molecule has 0 unspecified atom stereocenters. The van der Waals surface area contributed by atoms with Gasteiger partial charge in [0.15, 0.2) is 11.6 Å². The first kappa shape index (κ1) is 16.8. The Morgan fingerprint density at radius 2 is 1.79 bits per heavy atom. The van der Waals surface area contributed by atoms with Crippen molar-refractivity contribution in [2.24, 2.45) is 0 Å². The molecule has 2 aromatic carbocycles. The van der Waals surface area contributed by atoms with Crippen LogP contribution in [0.25, 0.3) is 6.08 Å². The molecule has 0 saturated heterocycles. The van der Waals surface area contributed by atoms with Crippen molar-refractivity contribution in [3.8, 4) is 6.07 Å². The first-order valence-electron chi connectivity index (χ1n) is 6.63. The first-order chi connectivity index (χ1) is 11.4. The van der Waals surface area contributed by atoms with Crippen molar-refractivity contribution in [2.45, 2.75) is 0 Å². The lowest BCUT2D eigenvalue weighted by atomic mass is 10.1. The van der Waals surface area contributed by atoms with Crippen molar-refractivity contribution in [1.82, 2.24) is 0 Å². The highest BCUT2D eigenvalue weighted by Gasteiger charge is 2.13. The van der Waals surface area contributed by atoms with Crippen LogP contribution in [0.3, 0.4) is 0 Å². The molecule has 2 rings (SSSR count). The Kier molecular flexibility index (Phi) is 5.02. The zero-order valence-electron chi connectivity index (χ0n) is 12.1. The third-order valence-corrected chi connectivity index (χ3v) is 3.04. The third kappa shape index (κ3) is 3.81. The van der Waals surface area contributed by atoms with Gasteiger partial charge in [-0.15, -0.1) is 0 Å². The second kappa shape index (κ2) is 7.15. The van der Waals surface area contributed by atoms with E-state index in [2.05, 4.69) is 5.32 Å². The Balaban J connectivity index is 2.23. The fourth-order valence-corrected chi connectivity index (χ4v) is 1.83. The minimum atomic E-state index is -1.16. The molecule has 120 valence electrons. The van der Waals surface area contributed by atoms with E-state index in [9.17, 15) is 18.4 Å². The highest BCUT2D eigenvalue weighted by Crippen LogP contribution is 2.16. The molecule has 2 N–H and O–H groups in total. The van der Waals surface area contributed by atoms with Crippen LogP contribution in [0.15, 0.2) is 48.0 Å². The van der Waals surface area contributed by atoms with Crippen LogP contribution in [0.2, 0.25) is 0 Å². The van der Waals surface area contributed by atoms with Gasteiger partial charge in [0.05, 0.1) is 5.56 Å². The van der Waals surface area contributed by atoms with Gasteiger partial charge in [-0.1, -0.05) is 12.1 Å². The zero-order chi connectivity index (χ0) is 17.7. The third-order valence-electron chi connectivity index (χ3n) is 3.04. The number of rotatable bonds is 4.